The van der Waals surface area contributed by atoms with E-state index in [1.165, 1.54) is 0 Å². The molecule has 2 rings (SSSR count). The minimum absolute atomic E-state index is 0.183. The summed E-state index contributed by atoms with van der Waals surface area (Å²) in [6, 6.07) is 3.77. The van der Waals surface area contributed by atoms with Crippen molar-refractivity contribution in [1.82, 2.24) is 0 Å². The maximum Gasteiger partial charge on any atom is 0.166 e. The minimum Gasteiger partial charge on any atom is -0.294 e. The molecule has 0 saturated heterocycles. The predicted molar refractivity (Wildman–Crippen MR) is 55.9 cm³/mol. The van der Waals surface area contributed by atoms with Crippen molar-refractivity contribution in [2.24, 2.45) is 0 Å². The van der Waals surface area contributed by atoms with Crippen molar-refractivity contribution in [2.45, 2.75) is 18.2 Å². The zero-order valence-electron chi connectivity index (χ0n) is 7.26. The summed E-state index contributed by atoms with van der Waals surface area (Å²) < 4.78 is 0. The number of benzene rings is 1. The Labute approximate surface area is 86.5 Å². The van der Waals surface area contributed by atoms with Crippen LogP contribution < -0.4 is 0 Å². The van der Waals surface area contributed by atoms with E-state index in [0.29, 0.717) is 11.4 Å². The average Bonchev–Trinajstić information content (AvgIpc) is 2.12. The normalized spacial score (nSPS) is 15.7. The van der Waals surface area contributed by atoms with Crippen molar-refractivity contribution in [1.29, 1.82) is 0 Å². The molecule has 1 aliphatic heterocycles. The summed E-state index contributed by atoms with van der Waals surface area (Å²) in [7, 11) is 0. The van der Waals surface area contributed by atoms with Gasteiger partial charge in [-0.1, -0.05) is 17.7 Å². The topological polar surface area (TPSA) is 17.1 Å². The van der Waals surface area contributed by atoms with Gasteiger partial charge >= 0.3 is 0 Å². The Hall–Kier alpha value is -0.470. The Morgan fingerprint density at radius 3 is 2.92 bits per heavy atom. The van der Waals surface area contributed by atoms with E-state index < -0.39 is 0 Å². The van der Waals surface area contributed by atoms with Crippen LogP contribution in [0.4, 0.5) is 0 Å². The molecule has 1 aromatic rings. The van der Waals surface area contributed by atoms with E-state index in [0.717, 1.165) is 21.8 Å². The Morgan fingerprint density at radius 2 is 2.23 bits per heavy atom. The van der Waals surface area contributed by atoms with Crippen molar-refractivity contribution >= 4 is 29.1 Å². The molecule has 0 aliphatic carbocycles. The molecule has 0 fully saturated rings. The third-order valence-corrected chi connectivity index (χ3v) is 3.70. The third kappa shape index (κ3) is 1.49. The van der Waals surface area contributed by atoms with Gasteiger partial charge < -0.3 is 0 Å². The highest BCUT2D eigenvalue weighted by Crippen LogP contribution is 2.36. The zero-order valence-corrected chi connectivity index (χ0v) is 8.84. The number of rotatable bonds is 0. The summed E-state index contributed by atoms with van der Waals surface area (Å²) in [5.74, 6) is 1.06. The van der Waals surface area contributed by atoms with Gasteiger partial charge in [-0.3, -0.25) is 4.79 Å². The smallest absolute Gasteiger partial charge is 0.166 e. The Kier molecular flexibility index (Phi) is 2.35. The lowest BCUT2D eigenvalue weighted by Gasteiger charge is -2.17. The largest absolute Gasteiger partial charge is 0.294 e. The van der Waals surface area contributed by atoms with Crippen LogP contribution in [0.2, 0.25) is 5.02 Å². The van der Waals surface area contributed by atoms with Crippen molar-refractivity contribution < 1.29 is 4.79 Å². The molecule has 68 valence electrons. The van der Waals surface area contributed by atoms with E-state index in [4.69, 9.17) is 11.6 Å². The molecule has 1 nitrogen and oxygen atoms in total. The van der Waals surface area contributed by atoms with E-state index in [-0.39, 0.29) is 5.78 Å². The summed E-state index contributed by atoms with van der Waals surface area (Å²) in [4.78, 5) is 12.6. The summed E-state index contributed by atoms with van der Waals surface area (Å²) >= 11 is 7.70. The van der Waals surface area contributed by atoms with Gasteiger partial charge in [-0.2, -0.15) is 0 Å². The van der Waals surface area contributed by atoms with E-state index >= 15 is 0 Å². The lowest BCUT2D eigenvalue weighted by Crippen LogP contribution is -2.09. The number of hydrogen-bond acceptors (Lipinski definition) is 2. The van der Waals surface area contributed by atoms with Crippen LogP contribution in [-0.4, -0.2) is 11.5 Å². The van der Waals surface area contributed by atoms with Gasteiger partial charge in [-0.15, -0.1) is 11.8 Å². The monoisotopic (exact) mass is 212 g/mol. The highest BCUT2D eigenvalue weighted by Gasteiger charge is 2.21. The molecule has 0 atom stereocenters. The molecule has 1 aliphatic rings. The molecule has 0 amide bonds. The minimum atomic E-state index is 0.183. The molecule has 1 heterocycles. The van der Waals surface area contributed by atoms with Crippen LogP contribution in [0.25, 0.3) is 0 Å². The van der Waals surface area contributed by atoms with E-state index in [2.05, 4.69) is 0 Å². The van der Waals surface area contributed by atoms with E-state index in [1.807, 2.05) is 13.0 Å². The Morgan fingerprint density at radius 1 is 1.46 bits per heavy atom. The van der Waals surface area contributed by atoms with Gasteiger partial charge in [0, 0.05) is 17.1 Å². The van der Waals surface area contributed by atoms with Crippen LogP contribution in [-0.2, 0) is 0 Å². The van der Waals surface area contributed by atoms with Crippen LogP contribution in [0.3, 0.4) is 0 Å². The first kappa shape index (κ1) is 9.10. The lowest BCUT2D eigenvalue weighted by molar-refractivity contribution is 0.0985. The second kappa shape index (κ2) is 3.35. The van der Waals surface area contributed by atoms with Gasteiger partial charge in [0.1, 0.15) is 0 Å². The molecule has 0 aromatic heterocycles. The molecule has 0 N–H and O–H groups in total. The zero-order chi connectivity index (χ0) is 9.42. The van der Waals surface area contributed by atoms with Crippen molar-refractivity contribution in [3.63, 3.8) is 0 Å². The molecule has 0 spiro atoms. The molecule has 0 unspecified atom stereocenters. The lowest BCUT2D eigenvalue weighted by atomic mass is 10.1. The summed E-state index contributed by atoms with van der Waals surface area (Å²) in [6.45, 7) is 2.01. The SMILES string of the molecule is Cc1ccc(Cl)c2c1SCCC2=O. The first-order valence-electron chi connectivity index (χ1n) is 4.15. The maximum atomic E-state index is 11.6. The number of fused-ring (bicyclic) bond motifs is 1. The molecule has 0 saturated carbocycles. The second-order valence-electron chi connectivity index (χ2n) is 3.09. The fourth-order valence-electron chi connectivity index (χ4n) is 1.48. The van der Waals surface area contributed by atoms with Gasteiger partial charge in [0.25, 0.3) is 0 Å². The highest BCUT2D eigenvalue weighted by molar-refractivity contribution is 7.99. The molecule has 13 heavy (non-hydrogen) atoms. The van der Waals surface area contributed by atoms with Gasteiger partial charge in [0.05, 0.1) is 10.6 Å². The van der Waals surface area contributed by atoms with Crippen LogP contribution in [0.5, 0.6) is 0 Å². The first-order chi connectivity index (χ1) is 6.20. The highest BCUT2D eigenvalue weighted by atomic mass is 35.5. The number of aryl methyl sites for hydroxylation is 1. The predicted octanol–water partition coefficient (Wildman–Crippen LogP) is 3.33. The number of carbonyl (C=O) groups excluding carboxylic acids is 1. The Bertz CT molecular complexity index is 373. The molecular weight excluding hydrogens is 204 g/mol. The van der Waals surface area contributed by atoms with Crippen molar-refractivity contribution in [3.05, 3.63) is 28.3 Å². The standard InChI is InChI=1S/C10H9ClOS/c1-6-2-3-7(11)9-8(12)4-5-13-10(6)9/h2-3H,4-5H2,1H3. The molecule has 1 aromatic carbocycles. The summed E-state index contributed by atoms with van der Waals surface area (Å²) in [6.07, 6.45) is 0.612. The molecule has 0 radical (unpaired) electrons. The number of hydrogen-bond donors (Lipinski definition) is 0. The fraction of sp³-hybridized carbons (Fsp3) is 0.300. The summed E-state index contributed by atoms with van der Waals surface area (Å²) in [5.41, 5.74) is 1.88. The van der Waals surface area contributed by atoms with Crippen molar-refractivity contribution in [2.75, 3.05) is 5.75 Å². The first-order valence-corrected chi connectivity index (χ1v) is 5.51. The van der Waals surface area contributed by atoms with E-state index in [1.54, 1.807) is 17.8 Å². The average molecular weight is 213 g/mol. The second-order valence-corrected chi connectivity index (χ2v) is 4.60. The van der Waals surface area contributed by atoms with Crippen LogP contribution in [0, 0.1) is 6.92 Å². The molecule has 3 heteroatoms. The number of thioether (sulfide) groups is 1. The van der Waals surface area contributed by atoms with Crippen LogP contribution in [0.15, 0.2) is 17.0 Å². The number of carbonyl (C=O) groups is 1. The van der Waals surface area contributed by atoms with Crippen molar-refractivity contribution in [3.8, 4) is 0 Å². The third-order valence-electron chi connectivity index (χ3n) is 2.16. The maximum absolute atomic E-state index is 11.6. The number of halogens is 1. The van der Waals surface area contributed by atoms with Gasteiger partial charge in [-0.05, 0) is 18.6 Å². The van der Waals surface area contributed by atoms with E-state index in [9.17, 15) is 4.79 Å². The number of Topliss-reactive ketones (excluding diaryl/α,β-unsaturated/α-hetero) is 1. The molecular formula is C10H9ClOS. The van der Waals surface area contributed by atoms with Gasteiger partial charge in [-0.25, -0.2) is 0 Å². The number of ketones is 1. The fourth-order valence-corrected chi connectivity index (χ4v) is 2.95. The van der Waals surface area contributed by atoms with Gasteiger partial charge in [0.15, 0.2) is 5.78 Å². The van der Waals surface area contributed by atoms with Gasteiger partial charge in [0.2, 0.25) is 0 Å². The van der Waals surface area contributed by atoms with Crippen LogP contribution in [0.1, 0.15) is 22.3 Å². The Balaban J connectivity index is 2.67. The quantitative estimate of drug-likeness (QED) is 0.656. The summed E-state index contributed by atoms with van der Waals surface area (Å²) in [5, 5.41) is 0.595. The van der Waals surface area contributed by atoms with Crippen LogP contribution >= 0.6 is 23.4 Å². The molecule has 0 bridgehead atoms.